The fourth-order valence-corrected chi connectivity index (χ4v) is 3.54. The summed E-state index contributed by atoms with van der Waals surface area (Å²) in [5.41, 5.74) is 0.709. The number of hydrogen-bond acceptors (Lipinski definition) is 3. The molecule has 3 amide bonds. The highest BCUT2D eigenvalue weighted by Gasteiger charge is 2.32. The molecule has 1 aliphatic heterocycles. The van der Waals surface area contributed by atoms with Gasteiger partial charge < -0.3 is 9.80 Å². The van der Waals surface area contributed by atoms with Crippen molar-refractivity contribution in [3.8, 4) is 0 Å². The second kappa shape index (κ2) is 11.8. The lowest BCUT2D eigenvalue weighted by atomic mass is 10.1. The van der Waals surface area contributed by atoms with E-state index < -0.39 is 0 Å². The van der Waals surface area contributed by atoms with Gasteiger partial charge in [0, 0.05) is 23.7 Å². The number of unbranched alkanes of at least 4 members (excludes halogenated alkanes) is 5. The maximum atomic E-state index is 12.7. The van der Waals surface area contributed by atoms with Gasteiger partial charge in [0.05, 0.1) is 6.54 Å². The second-order valence-electron chi connectivity index (χ2n) is 7.46. The molecule has 0 spiro atoms. The van der Waals surface area contributed by atoms with E-state index >= 15 is 0 Å². The number of halogens is 1. The summed E-state index contributed by atoms with van der Waals surface area (Å²) in [6.45, 7) is 4.80. The molecule has 0 bridgehead atoms. The van der Waals surface area contributed by atoms with Crippen LogP contribution in [0.5, 0.6) is 0 Å². The lowest BCUT2D eigenvalue weighted by Gasteiger charge is -2.24. The molecule has 1 heterocycles. The van der Waals surface area contributed by atoms with E-state index in [2.05, 4.69) is 6.92 Å². The molecule has 0 radical (unpaired) electrons. The van der Waals surface area contributed by atoms with Crippen molar-refractivity contribution in [3.63, 3.8) is 0 Å². The van der Waals surface area contributed by atoms with Crippen LogP contribution in [0.25, 0.3) is 0 Å². The van der Waals surface area contributed by atoms with Gasteiger partial charge in [-0.2, -0.15) is 0 Å². The van der Waals surface area contributed by atoms with E-state index in [1.807, 2.05) is 6.92 Å². The summed E-state index contributed by atoms with van der Waals surface area (Å²) < 4.78 is 0. The van der Waals surface area contributed by atoms with E-state index in [1.165, 1.54) is 24.2 Å². The molecular formula is C22H32ClN3O3. The third-order valence-corrected chi connectivity index (χ3v) is 5.49. The van der Waals surface area contributed by atoms with Gasteiger partial charge in [0.25, 0.3) is 0 Å². The van der Waals surface area contributed by atoms with E-state index in [0.717, 1.165) is 19.3 Å². The van der Waals surface area contributed by atoms with Crippen LogP contribution >= 0.6 is 11.6 Å². The molecule has 0 atom stereocenters. The van der Waals surface area contributed by atoms with E-state index in [4.69, 9.17) is 11.6 Å². The topological polar surface area (TPSA) is 60.9 Å². The average Bonchev–Trinajstić information content (AvgIpc) is 3.10. The van der Waals surface area contributed by atoms with Crippen LogP contribution in [0.4, 0.5) is 5.69 Å². The fourth-order valence-electron chi connectivity index (χ4n) is 3.42. The van der Waals surface area contributed by atoms with E-state index in [-0.39, 0.29) is 37.5 Å². The largest absolute Gasteiger partial charge is 0.334 e. The minimum Gasteiger partial charge on any atom is -0.334 e. The SMILES string of the molecule is CCCCCCCCC(=O)N(CC)CC(=O)N1CC(=O)N(c2ccc(Cl)cc2)C1. The van der Waals surface area contributed by atoms with Gasteiger partial charge >= 0.3 is 0 Å². The Morgan fingerprint density at radius 2 is 1.69 bits per heavy atom. The molecule has 7 heteroatoms. The normalized spacial score (nSPS) is 13.8. The van der Waals surface area contributed by atoms with Gasteiger partial charge in [-0.3, -0.25) is 19.3 Å². The molecule has 2 rings (SSSR count). The Bertz CT molecular complexity index is 693. The van der Waals surface area contributed by atoms with Gasteiger partial charge in [-0.1, -0.05) is 50.6 Å². The zero-order valence-corrected chi connectivity index (χ0v) is 18.3. The maximum Gasteiger partial charge on any atom is 0.248 e. The summed E-state index contributed by atoms with van der Waals surface area (Å²) in [7, 11) is 0. The number of anilines is 1. The predicted octanol–water partition coefficient (Wildman–Crippen LogP) is 4.07. The summed E-state index contributed by atoms with van der Waals surface area (Å²) in [5, 5.41) is 0.593. The number of carbonyl (C=O) groups excluding carboxylic acids is 3. The maximum absolute atomic E-state index is 12.7. The summed E-state index contributed by atoms with van der Waals surface area (Å²) in [6, 6.07) is 6.95. The number of amides is 3. The van der Waals surface area contributed by atoms with Gasteiger partial charge in [0.15, 0.2) is 0 Å². The number of benzene rings is 1. The van der Waals surface area contributed by atoms with Gasteiger partial charge in [-0.15, -0.1) is 0 Å². The Morgan fingerprint density at radius 3 is 2.34 bits per heavy atom. The molecule has 0 unspecified atom stereocenters. The van der Waals surface area contributed by atoms with Crippen molar-refractivity contribution in [2.75, 3.05) is 31.2 Å². The predicted molar refractivity (Wildman–Crippen MR) is 116 cm³/mol. The van der Waals surface area contributed by atoms with Crippen LogP contribution in [-0.4, -0.2) is 53.8 Å². The lowest BCUT2D eigenvalue weighted by molar-refractivity contribution is -0.140. The quantitative estimate of drug-likeness (QED) is 0.506. The minimum absolute atomic E-state index is 0.0106. The smallest absolute Gasteiger partial charge is 0.248 e. The average molecular weight is 422 g/mol. The van der Waals surface area contributed by atoms with Crippen LogP contribution in [-0.2, 0) is 14.4 Å². The number of hydrogen-bond donors (Lipinski definition) is 0. The Labute approximate surface area is 178 Å². The first-order valence-electron chi connectivity index (χ1n) is 10.6. The third-order valence-electron chi connectivity index (χ3n) is 5.24. The monoisotopic (exact) mass is 421 g/mol. The Hall–Kier alpha value is -2.08. The highest BCUT2D eigenvalue weighted by Crippen LogP contribution is 2.22. The van der Waals surface area contributed by atoms with Gasteiger partial charge in [0.1, 0.15) is 13.2 Å². The molecule has 0 aliphatic carbocycles. The first kappa shape index (κ1) is 23.2. The molecule has 1 saturated heterocycles. The zero-order valence-electron chi connectivity index (χ0n) is 17.5. The molecule has 1 aliphatic rings. The summed E-state index contributed by atoms with van der Waals surface area (Å²) in [4.78, 5) is 42.1. The standard InChI is InChI=1S/C22H32ClN3O3/c1-3-5-6-7-8-9-10-20(27)24(4-2)15-21(28)25-16-22(29)26(17-25)19-13-11-18(23)12-14-19/h11-14H,3-10,15-17H2,1-2H3. The van der Waals surface area contributed by atoms with Crippen LogP contribution in [0.15, 0.2) is 24.3 Å². The number of carbonyl (C=O) groups is 3. The molecule has 0 saturated carbocycles. The van der Waals surface area contributed by atoms with E-state index in [1.54, 1.807) is 34.1 Å². The summed E-state index contributed by atoms with van der Waals surface area (Å²) in [6.07, 6.45) is 7.21. The number of rotatable bonds is 11. The molecule has 6 nitrogen and oxygen atoms in total. The number of nitrogens with zero attached hydrogens (tertiary/aromatic N) is 3. The molecule has 1 aromatic rings. The lowest BCUT2D eigenvalue weighted by Crippen LogP contribution is -2.42. The van der Waals surface area contributed by atoms with Crippen LogP contribution < -0.4 is 4.90 Å². The zero-order chi connectivity index (χ0) is 21.2. The van der Waals surface area contributed by atoms with Crippen molar-refractivity contribution in [2.45, 2.75) is 58.8 Å². The van der Waals surface area contributed by atoms with Crippen molar-refractivity contribution >= 4 is 35.0 Å². The molecule has 1 fully saturated rings. The van der Waals surface area contributed by atoms with Crippen molar-refractivity contribution in [1.29, 1.82) is 0 Å². The fraction of sp³-hybridized carbons (Fsp3) is 0.591. The van der Waals surface area contributed by atoms with Gasteiger partial charge in [-0.05, 0) is 37.6 Å². The minimum atomic E-state index is -0.201. The van der Waals surface area contributed by atoms with E-state index in [9.17, 15) is 14.4 Å². The molecule has 0 aromatic heterocycles. The van der Waals surface area contributed by atoms with Crippen LogP contribution in [0.2, 0.25) is 5.02 Å². The van der Waals surface area contributed by atoms with Crippen LogP contribution in [0.1, 0.15) is 58.8 Å². The summed E-state index contributed by atoms with van der Waals surface area (Å²) >= 11 is 5.90. The highest BCUT2D eigenvalue weighted by atomic mass is 35.5. The first-order chi connectivity index (χ1) is 14.0. The Morgan fingerprint density at radius 1 is 1.03 bits per heavy atom. The molecule has 160 valence electrons. The molecule has 29 heavy (non-hydrogen) atoms. The van der Waals surface area contributed by atoms with Gasteiger partial charge in [0.2, 0.25) is 17.7 Å². The number of likely N-dealkylation sites (N-methyl/N-ethyl adjacent to an activating group) is 1. The Kier molecular flexibility index (Phi) is 9.45. The first-order valence-corrected chi connectivity index (χ1v) is 11.0. The van der Waals surface area contributed by atoms with Crippen molar-refractivity contribution in [2.24, 2.45) is 0 Å². The van der Waals surface area contributed by atoms with Crippen molar-refractivity contribution < 1.29 is 14.4 Å². The van der Waals surface area contributed by atoms with E-state index in [0.29, 0.717) is 23.7 Å². The summed E-state index contributed by atoms with van der Waals surface area (Å²) in [5.74, 6) is -0.327. The molecular weight excluding hydrogens is 390 g/mol. The highest BCUT2D eigenvalue weighted by molar-refractivity contribution is 6.30. The van der Waals surface area contributed by atoms with Crippen LogP contribution in [0.3, 0.4) is 0 Å². The molecule has 0 N–H and O–H groups in total. The van der Waals surface area contributed by atoms with Crippen LogP contribution in [0, 0.1) is 0 Å². The molecule has 1 aromatic carbocycles. The van der Waals surface area contributed by atoms with Crippen molar-refractivity contribution in [1.82, 2.24) is 9.80 Å². The Balaban J connectivity index is 1.82. The van der Waals surface area contributed by atoms with Crippen molar-refractivity contribution in [3.05, 3.63) is 29.3 Å². The second-order valence-corrected chi connectivity index (χ2v) is 7.89. The third kappa shape index (κ3) is 7.03. The van der Waals surface area contributed by atoms with Gasteiger partial charge in [-0.25, -0.2) is 0 Å².